The second-order valence-corrected chi connectivity index (χ2v) is 4.19. The van der Waals surface area contributed by atoms with Crippen LogP contribution < -0.4 is 5.73 Å². The van der Waals surface area contributed by atoms with Gasteiger partial charge in [-0.15, -0.1) is 0 Å². The predicted octanol–water partition coefficient (Wildman–Crippen LogP) is 2.83. The Bertz CT molecular complexity index is 570. The Labute approximate surface area is 111 Å². The molecule has 0 aliphatic rings. The van der Waals surface area contributed by atoms with Gasteiger partial charge in [-0.3, -0.25) is 5.41 Å². The van der Waals surface area contributed by atoms with Gasteiger partial charge in [-0.25, -0.2) is 4.39 Å². The molecular weight excluding hydrogens is 243 g/mol. The minimum atomic E-state index is -0.406. The maximum Gasteiger partial charge on any atom is 0.123 e. The molecule has 0 aliphatic carbocycles. The summed E-state index contributed by atoms with van der Waals surface area (Å²) >= 11 is 0. The van der Waals surface area contributed by atoms with E-state index in [-0.39, 0.29) is 5.84 Å². The molecule has 0 aliphatic heterocycles. The number of nitrogens with two attached hydrogens (primary N) is 1. The van der Waals surface area contributed by atoms with E-state index in [0.29, 0.717) is 24.3 Å². The van der Waals surface area contributed by atoms with Gasteiger partial charge in [0.05, 0.1) is 13.2 Å². The number of nitrogens with one attached hydrogen (secondary N) is 1. The van der Waals surface area contributed by atoms with Crippen molar-refractivity contribution in [1.29, 1.82) is 5.41 Å². The third-order valence-electron chi connectivity index (χ3n) is 2.73. The molecule has 3 nitrogen and oxygen atoms in total. The summed E-state index contributed by atoms with van der Waals surface area (Å²) in [5.41, 5.74) is 7.59. The van der Waals surface area contributed by atoms with Crippen molar-refractivity contribution in [3.8, 4) is 0 Å². The van der Waals surface area contributed by atoms with E-state index in [1.165, 1.54) is 12.1 Å². The highest BCUT2D eigenvalue weighted by Gasteiger charge is 2.07. The Morgan fingerprint density at radius 2 is 1.84 bits per heavy atom. The van der Waals surface area contributed by atoms with Crippen LogP contribution in [0.1, 0.15) is 16.7 Å². The summed E-state index contributed by atoms with van der Waals surface area (Å²) < 4.78 is 18.7. The molecule has 2 rings (SSSR count). The largest absolute Gasteiger partial charge is 0.384 e. The van der Waals surface area contributed by atoms with Crippen LogP contribution in [-0.4, -0.2) is 5.84 Å². The van der Waals surface area contributed by atoms with E-state index >= 15 is 0 Å². The van der Waals surface area contributed by atoms with Crippen LogP contribution in [0, 0.1) is 11.2 Å². The van der Waals surface area contributed by atoms with Gasteiger partial charge in [0.25, 0.3) is 0 Å². The molecule has 19 heavy (non-hydrogen) atoms. The molecule has 2 aromatic rings. The van der Waals surface area contributed by atoms with Crippen molar-refractivity contribution in [3.63, 3.8) is 0 Å². The van der Waals surface area contributed by atoms with Crippen molar-refractivity contribution in [2.75, 3.05) is 0 Å². The highest BCUT2D eigenvalue weighted by atomic mass is 19.1. The van der Waals surface area contributed by atoms with Gasteiger partial charge in [-0.05, 0) is 23.3 Å². The van der Waals surface area contributed by atoms with E-state index in [0.717, 1.165) is 5.56 Å². The summed E-state index contributed by atoms with van der Waals surface area (Å²) in [6.45, 7) is 0.764. The van der Waals surface area contributed by atoms with Gasteiger partial charge in [0, 0.05) is 5.56 Å². The number of hydrogen-bond donors (Lipinski definition) is 2. The molecule has 0 heterocycles. The lowest BCUT2D eigenvalue weighted by atomic mass is 10.1. The Balaban J connectivity index is 2.02. The lowest BCUT2D eigenvalue weighted by molar-refractivity contribution is 0.107. The van der Waals surface area contributed by atoms with Gasteiger partial charge in [-0.1, -0.05) is 36.4 Å². The van der Waals surface area contributed by atoms with E-state index in [1.807, 2.05) is 30.3 Å². The van der Waals surface area contributed by atoms with Gasteiger partial charge in [0.1, 0.15) is 11.7 Å². The highest BCUT2D eigenvalue weighted by molar-refractivity contribution is 5.96. The minimum absolute atomic E-state index is 0.155. The molecule has 2 aromatic carbocycles. The molecule has 0 amide bonds. The lowest BCUT2D eigenvalue weighted by Gasteiger charge is -2.09. The lowest BCUT2D eigenvalue weighted by Crippen LogP contribution is -2.14. The zero-order valence-corrected chi connectivity index (χ0v) is 10.4. The molecule has 0 fully saturated rings. The third kappa shape index (κ3) is 3.63. The van der Waals surface area contributed by atoms with Crippen LogP contribution in [0.5, 0.6) is 0 Å². The Morgan fingerprint density at radius 1 is 1.11 bits per heavy atom. The van der Waals surface area contributed by atoms with Crippen LogP contribution in [0.2, 0.25) is 0 Å². The monoisotopic (exact) mass is 258 g/mol. The first-order chi connectivity index (χ1) is 9.16. The van der Waals surface area contributed by atoms with E-state index < -0.39 is 5.82 Å². The highest BCUT2D eigenvalue weighted by Crippen LogP contribution is 2.13. The summed E-state index contributed by atoms with van der Waals surface area (Å²) in [7, 11) is 0. The van der Waals surface area contributed by atoms with Gasteiger partial charge >= 0.3 is 0 Å². The molecule has 98 valence electrons. The molecule has 3 N–H and O–H groups in total. The summed E-state index contributed by atoms with van der Waals surface area (Å²) in [4.78, 5) is 0. The number of amidine groups is 1. The summed E-state index contributed by atoms with van der Waals surface area (Å²) in [6, 6.07) is 14.0. The van der Waals surface area contributed by atoms with Gasteiger partial charge in [0.15, 0.2) is 0 Å². The molecule has 0 unspecified atom stereocenters. The fourth-order valence-corrected chi connectivity index (χ4v) is 1.78. The average molecular weight is 258 g/mol. The normalized spacial score (nSPS) is 10.4. The van der Waals surface area contributed by atoms with Crippen molar-refractivity contribution in [2.45, 2.75) is 13.2 Å². The van der Waals surface area contributed by atoms with Gasteiger partial charge in [0.2, 0.25) is 0 Å². The second kappa shape index (κ2) is 6.11. The van der Waals surface area contributed by atoms with Crippen molar-refractivity contribution < 1.29 is 9.13 Å². The molecule has 0 spiro atoms. The fourth-order valence-electron chi connectivity index (χ4n) is 1.78. The third-order valence-corrected chi connectivity index (χ3v) is 2.73. The average Bonchev–Trinajstić information content (AvgIpc) is 2.41. The number of hydrogen-bond acceptors (Lipinski definition) is 2. The fraction of sp³-hybridized carbons (Fsp3) is 0.133. The number of nitrogen functional groups attached to an aromatic ring is 1. The molecule has 0 saturated carbocycles. The topological polar surface area (TPSA) is 59.1 Å². The first-order valence-corrected chi connectivity index (χ1v) is 5.91. The van der Waals surface area contributed by atoms with Crippen molar-refractivity contribution in [2.24, 2.45) is 5.73 Å². The van der Waals surface area contributed by atoms with Crippen molar-refractivity contribution >= 4 is 5.84 Å². The second-order valence-electron chi connectivity index (χ2n) is 4.19. The number of benzene rings is 2. The van der Waals surface area contributed by atoms with E-state index in [4.69, 9.17) is 15.9 Å². The maximum absolute atomic E-state index is 13.1. The molecule has 0 bridgehead atoms. The molecule has 4 heteroatoms. The molecule has 0 aromatic heterocycles. The van der Waals surface area contributed by atoms with Crippen LogP contribution in [0.4, 0.5) is 4.39 Å². The van der Waals surface area contributed by atoms with E-state index in [1.54, 1.807) is 6.07 Å². The van der Waals surface area contributed by atoms with E-state index in [9.17, 15) is 4.39 Å². The summed E-state index contributed by atoms with van der Waals surface area (Å²) in [5.74, 6) is -0.560. The molecule has 0 atom stereocenters. The first-order valence-electron chi connectivity index (χ1n) is 5.91. The van der Waals surface area contributed by atoms with Gasteiger partial charge in [-0.2, -0.15) is 0 Å². The Hall–Kier alpha value is -2.20. The smallest absolute Gasteiger partial charge is 0.123 e. The minimum Gasteiger partial charge on any atom is -0.384 e. The number of rotatable bonds is 5. The van der Waals surface area contributed by atoms with Crippen LogP contribution in [0.3, 0.4) is 0 Å². The quantitative estimate of drug-likeness (QED) is 0.640. The Morgan fingerprint density at radius 3 is 2.53 bits per heavy atom. The van der Waals surface area contributed by atoms with Crippen LogP contribution in [0.25, 0.3) is 0 Å². The molecular formula is C15H15FN2O. The van der Waals surface area contributed by atoms with Crippen molar-refractivity contribution in [3.05, 3.63) is 71.0 Å². The maximum atomic E-state index is 13.1. The summed E-state index contributed by atoms with van der Waals surface area (Å²) in [5, 5.41) is 7.43. The standard InChI is InChI=1S/C15H15FN2O/c16-13-7-6-12(14(8-13)15(17)18)10-19-9-11-4-2-1-3-5-11/h1-8H,9-10H2,(H3,17,18). The van der Waals surface area contributed by atoms with Crippen LogP contribution in [0.15, 0.2) is 48.5 Å². The zero-order valence-electron chi connectivity index (χ0n) is 10.4. The SMILES string of the molecule is N=C(N)c1cc(F)ccc1COCc1ccccc1. The number of halogens is 1. The predicted molar refractivity (Wildman–Crippen MR) is 72.4 cm³/mol. The Kier molecular flexibility index (Phi) is 4.26. The zero-order chi connectivity index (χ0) is 13.7. The van der Waals surface area contributed by atoms with E-state index in [2.05, 4.69) is 0 Å². The van der Waals surface area contributed by atoms with Crippen LogP contribution >= 0.6 is 0 Å². The number of ether oxygens (including phenoxy) is 1. The molecule has 0 saturated heterocycles. The van der Waals surface area contributed by atoms with Gasteiger partial charge < -0.3 is 10.5 Å². The first kappa shape index (κ1) is 13.2. The molecule has 0 radical (unpaired) electrons. The van der Waals surface area contributed by atoms with Crippen LogP contribution in [-0.2, 0) is 18.0 Å². The van der Waals surface area contributed by atoms with Crippen molar-refractivity contribution in [1.82, 2.24) is 0 Å². The summed E-state index contributed by atoms with van der Waals surface area (Å²) in [6.07, 6.45) is 0.